The lowest BCUT2D eigenvalue weighted by molar-refractivity contribution is 0.0992. The number of anilines is 1. The molecule has 0 unspecified atom stereocenters. The van der Waals surface area contributed by atoms with Crippen LogP contribution in [-0.2, 0) is 6.42 Å². The van der Waals surface area contributed by atoms with E-state index in [1.54, 1.807) is 19.2 Å². The van der Waals surface area contributed by atoms with Crippen molar-refractivity contribution in [1.29, 1.82) is 0 Å². The maximum absolute atomic E-state index is 12.4. The van der Waals surface area contributed by atoms with Gasteiger partial charge in [-0.15, -0.1) is 0 Å². The van der Waals surface area contributed by atoms with E-state index in [-0.39, 0.29) is 5.78 Å². The summed E-state index contributed by atoms with van der Waals surface area (Å²) in [7, 11) is 1.61. The SMILES string of the molecule is COc1ccc(Br)c(CC(=O)c2cccc(N)c2C)c1. The van der Waals surface area contributed by atoms with E-state index in [4.69, 9.17) is 10.5 Å². The van der Waals surface area contributed by atoms with Crippen LogP contribution in [0.5, 0.6) is 5.75 Å². The lowest BCUT2D eigenvalue weighted by Gasteiger charge is -2.09. The first-order chi connectivity index (χ1) is 9.52. The summed E-state index contributed by atoms with van der Waals surface area (Å²) in [6, 6.07) is 11.0. The Bertz CT molecular complexity index is 653. The molecule has 0 atom stereocenters. The standard InChI is InChI=1S/C16H16BrNO2/c1-10-13(4-3-5-15(10)18)16(19)9-11-8-12(20-2)6-7-14(11)17/h3-8H,9,18H2,1-2H3. The topological polar surface area (TPSA) is 52.3 Å². The minimum atomic E-state index is 0.0451. The number of ketones is 1. The predicted octanol–water partition coefficient (Wildman–Crippen LogP) is 3.77. The van der Waals surface area contributed by atoms with Crippen LogP contribution < -0.4 is 10.5 Å². The summed E-state index contributed by atoms with van der Waals surface area (Å²) in [5.74, 6) is 0.782. The van der Waals surface area contributed by atoms with Gasteiger partial charge in [0.2, 0.25) is 0 Å². The van der Waals surface area contributed by atoms with Crippen molar-refractivity contribution in [2.45, 2.75) is 13.3 Å². The summed E-state index contributed by atoms with van der Waals surface area (Å²) in [5, 5.41) is 0. The van der Waals surface area contributed by atoms with Crippen molar-refractivity contribution in [1.82, 2.24) is 0 Å². The molecule has 0 heterocycles. The van der Waals surface area contributed by atoms with Crippen molar-refractivity contribution in [2.75, 3.05) is 12.8 Å². The number of carbonyl (C=O) groups is 1. The molecule has 0 radical (unpaired) electrons. The number of halogens is 1. The van der Waals surface area contributed by atoms with E-state index < -0.39 is 0 Å². The Morgan fingerprint density at radius 1 is 1.30 bits per heavy atom. The minimum Gasteiger partial charge on any atom is -0.497 e. The third kappa shape index (κ3) is 3.02. The van der Waals surface area contributed by atoms with E-state index in [1.165, 1.54) is 0 Å². The van der Waals surface area contributed by atoms with Crippen molar-refractivity contribution in [3.05, 3.63) is 57.6 Å². The summed E-state index contributed by atoms with van der Waals surface area (Å²) in [4.78, 5) is 12.4. The first kappa shape index (κ1) is 14.6. The van der Waals surface area contributed by atoms with Gasteiger partial charge in [-0.25, -0.2) is 0 Å². The normalized spacial score (nSPS) is 10.3. The molecule has 0 bridgehead atoms. The Balaban J connectivity index is 2.30. The highest BCUT2D eigenvalue weighted by Crippen LogP contribution is 2.25. The molecule has 3 nitrogen and oxygen atoms in total. The number of rotatable bonds is 4. The molecule has 0 amide bonds. The zero-order chi connectivity index (χ0) is 14.7. The van der Waals surface area contributed by atoms with Crippen molar-refractivity contribution in [3.63, 3.8) is 0 Å². The zero-order valence-electron chi connectivity index (χ0n) is 11.4. The van der Waals surface area contributed by atoms with Gasteiger partial charge in [0.15, 0.2) is 5.78 Å². The number of benzene rings is 2. The summed E-state index contributed by atoms with van der Waals surface area (Å²) >= 11 is 3.46. The monoisotopic (exact) mass is 333 g/mol. The lowest BCUT2D eigenvalue weighted by Crippen LogP contribution is -2.07. The van der Waals surface area contributed by atoms with Gasteiger partial charge in [0.05, 0.1) is 7.11 Å². The van der Waals surface area contributed by atoms with Crippen LogP contribution in [0.15, 0.2) is 40.9 Å². The zero-order valence-corrected chi connectivity index (χ0v) is 13.0. The van der Waals surface area contributed by atoms with E-state index in [9.17, 15) is 4.79 Å². The fourth-order valence-electron chi connectivity index (χ4n) is 2.04. The Labute approximate surface area is 126 Å². The van der Waals surface area contributed by atoms with Crippen molar-refractivity contribution in [3.8, 4) is 5.75 Å². The van der Waals surface area contributed by atoms with Gasteiger partial charge < -0.3 is 10.5 Å². The molecule has 2 N–H and O–H groups in total. The molecule has 0 aliphatic rings. The molecule has 0 spiro atoms. The first-order valence-corrected chi connectivity index (χ1v) is 7.03. The fraction of sp³-hybridized carbons (Fsp3) is 0.188. The molecule has 104 valence electrons. The van der Waals surface area contributed by atoms with Gasteiger partial charge in [-0.05, 0) is 42.3 Å². The second kappa shape index (κ2) is 6.09. The highest BCUT2D eigenvalue weighted by atomic mass is 79.9. The van der Waals surface area contributed by atoms with E-state index in [1.807, 2.05) is 31.2 Å². The fourth-order valence-corrected chi connectivity index (χ4v) is 2.42. The second-order valence-electron chi connectivity index (χ2n) is 4.58. The highest BCUT2D eigenvalue weighted by molar-refractivity contribution is 9.10. The number of hydrogen-bond donors (Lipinski definition) is 1. The van der Waals surface area contributed by atoms with Crippen LogP contribution in [0.2, 0.25) is 0 Å². The summed E-state index contributed by atoms with van der Waals surface area (Å²) in [6.07, 6.45) is 0.308. The smallest absolute Gasteiger partial charge is 0.167 e. The van der Waals surface area contributed by atoms with Gasteiger partial charge in [0.25, 0.3) is 0 Å². The molecule has 20 heavy (non-hydrogen) atoms. The molecule has 0 saturated heterocycles. The van der Waals surface area contributed by atoms with Gasteiger partial charge in [-0.2, -0.15) is 0 Å². The van der Waals surface area contributed by atoms with E-state index in [2.05, 4.69) is 15.9 Å². The van der Waals surface area contributed by atoms with Gasteiger partial charge in [0, 0.05) is 22.1 Å². The molecule has 0 aliphatic heterocycles. The summed E-state index contributed by atoms with van der Waals surface area (Å²) in [5.41, 5.74) is 8.88. The molecule has 0 aliphatic carbocycles. The van der Waals surface area contributed by atoms with Crippen molar-refractivity contribution < 1.29 is 9.53 Å². The predicted molar refractivity (Wildman–Crippen MR) is 84.3 cm³/mol. The molecular weight excluding hydrogens is 318 g/mol. The average molecular weight is 334 g/mol. The molecular formula is C16H16BrNO2. The molecule has 2 aromatic rings. The van der Waals surface area contributed by atoms with Crippen LogP contribution in [0.1, 0.15) is 21.5 Å². The number of methoxy groups -OCH3 is 1. The van der Waals surface area contributed by atoms with Gasteiger partial charge in [-0.1, -0.05) is 28.1 Å². The Morgan fingerprint density at radius 3 is 2.75 bits per heavy atom. The maximum Gasteiger partial charge on any atom is 0.167 e. The minimum absolute atomic E-state index is 0.0451. The third-order valence-corrected chi connectivity index (χ3v) is 4.05. The van der Waals surface area contributed by atoms with Crippen LogP contribution in [0.25, 0.3) is 0 Å². The molecule has 2 rings (SSSR count). The number of hydrogen-bond acceptors (Lipinski definition) is 3. The number of nitrogen functional groups attached to an aromatic ring is 1. The quantitative estimate of drug-likeness (QED) is 0.684. The summed E-state index contributed by atoms with van der Waals surface area (Å²) in [6.45, 7) is 1.86. The second-order valence-corrected chi connectivity index (χ2v) is 5.43. The highest BCUT2D eigenvalue weighted by Gasteiger charge is 2.13. The van der Waals surface area contributed by atoms with Crippen LogP contribution in [-0.4, -0.2) is 12.9 Å². The largest absolute Gasteiger partial charge is 0.497 e. The van der Waals surface area contributed by atoms with Crippen molar-refractivity contribution >= 4 is 27.4 Å². The molecule has 4 heteroatoms. The molecule has 0 fully saturated rings. The number of Topliss-reactive ketones (excluding diaryl/α,β-unsaturated/α-hetero) is 1. The van der Waals surface area contributed by atoms with E-state index in [0.29, 0.717) is 17.7 Å². The Hall–Kier alpha value is -1.81. The van der Waals surface area contributed by atoms with E-state index in [0.717, 1.165) is 21.3 Å². The van der Waals surface area contributed by atoms with Gasteiger partial charge in [0.1, 0.15) is 5.75 Å². The van der Waals surface area contributed by atoms with Crippen LogP contribution in [0.4, 0.5) is 5.69 Å². The average Bonchev–Trinajstić information content (AvgIpc) is 2.44. The molecule has 2 aromatic carbocycles. The van der Waals surface area contributed by atoms with Crippen LogP contribution in [0.3, 0.4) is 0 Å². The molecule has 0 aromatic heterocycles. The Kier molecular flexibility index (Phi) is 4.45. The molecule has 0 saturated carbocycles. The number of ether oxygens (including phenoxy) is 1. The van der Waals surface area contributed by atoms with Crippen LogP contribution >= 0.6 is 15.9 Å². The number of carbonyl (C=O) groups excluding carboxylic acids is 1. The number of nitrogens with two attached hydrogens (primary N) is 1. The first-order valence-electron chi connectivity index (χ1n) is 6.23. The summed E-state index contributed by atoms with van der Waals surface area (Å²) < 4.78 is 6.08. The Morgan fingerprint density at radius 2 is 2.05 bits per heavy atom. The maximum atomic E-state index is 12.4. The lowest BCUT2D eigenvalue weighted by atomic mass is 9.98. The van der Waals surface area contributed by atoms with Gasteiger partial charge >= 0.3 is 0 Å². The van der Waals surface area contributed by atoms with Crippen molar-refractivity contribution in [2.24, 2.45) is 0 Å². The third-order valence-electron chi connectivity index (χ3n) is 3.28. The van der Waals surface area contributed by atoms with E-state index >= 15 is 0 Å². The van der Waals surface area contributed by atoms with Crippen LogP contribution in [0, 0.1) is 6.92 Å². The van der Waals surface area contributed by atoms with Gasteiger partial charge in [-0.3, -0.25) is 4.79 Å².